The zero-order chi connectivity index (χ0) is 5.54. The molecular formula is C6H10Se. The molecule has 0 N–H and O–H groups in total. The fourth-order valence-electron chi connectivity index (χ4n) is 0.275. The van der Waals surface area contributed by atoms with E-state index >= 15 is 0 Å². The fourth-order valence-corrected chi connectivity index (χ4v) is 1.43. The Balaban J connectivity index is 2.60. The zero-order valence-corrected chi connectivity index (χ0v) is 6.32. The molecule has 0 spiro atoms. The summed E-state index contributed by atoms with van der Waals surface area (Å²) >= 11 is 0.740. The van der Waals surface area contributed by atoms with Gasteiger partial charge >= 0.3 is 51.3 Å². The minimum absolute atomic E-state index is 0.740. The fraction of sp³-hybridized carbons (Fsp3) is 0.667. The second-order valence-corrected chi connectivity index (χ2v) is 3.58. The molecule has 0 nitrogen and oxygen atoms in total. The first-order chi connectivity index (χ1) is 3.41. The summed E-state index contributed by atoms with van der Waals surface area (Å²) in [6.07, 6.45) is 6.33. The molecule has 0 aromatic carbocycles. The minimum atomic E-state index is 0.740. The van der Waals surface area contributed by atoms with Gasteiger partial charge < -0.3 is 0 Å². The van der Waals surface area contributed by atoms with E-state index in [0.29, 0.717) is 0 Å². The molecule has 0 aromatic rings. The third kappa shape index (κ3) is 6.08. The SMILES string of the molecule is C#CC[Se]CCC. The van der Waals surface area contributed by atoms with Crippen LogP contribution in [0.25, 0.3) is 0 Å². The Morgan fingerprint density at radius 3 is 2.86 bits per heavy atom. The molecule has 0 aliphatic carbocycles. The molecule has 0 radical (unpaired) electrons. The Labute approximate surface area is 51.8 Å². The third-order valence-electron chi connectivity index (χ3n) is 0.534. The second-order valence-electron chi connectivity index (χ2n) is 1.26. The van der Waals surface area contributed by atoms with Gasteiger partial charge in [-0.15, -0.1) is 0 Å². The molecular weight excluding hydrogens is 151 g/mol. The topological polar surface area (TPSA) is 0 Å². The molecule has 1 heteroatoms. The van der Waals surface area contributed by atoms with E-state index in [1.54, 1.807) is 0 Å². The number of hydrogen-bond acceptors (Lipinski definition) is 0. The van der Waals surface area contributed by atoms with Gasteiger partial charge in [0.15, 0.2) is 0 Å². The van der Waals surface area contributed by atoms with Gasteiger partial charge in [0.05, 0.1) is 0 Å². The quantitative estimate of drug-likeness (QED) is 0.335. The van der Waals surface area contributed by atoms with Crippen LogP contribution >= 0.6 is 0 Å². The predicted octanol–water partition coefficient (Wildman–Crippen LogP) is 1.57. The third-order valence-corrected chi connectivity index (χ3v) is 2.77. The van der Waals surface area contributed by atoms with Crippen molar-refractivity contribution in [3.05, 3.63) is 0 Å². The standard InChI is InChI=1S/C6H10Se/c1-3-5-7-6-4-2/h1H,4-6H2,2H3. The van der Waals surface area contributed by atoms with Gasteiger partial charge in [-0.25, -0.2) is 0 Å². The molecule has 0 amide bonds. The summed E-state index contributed by atoms with van der Waals surface area (Å²) in [5.41, 5.74) is 0. The van der Waals surface area contributed by atoms with E-state index in [2.05, 4.69) is 12.8 Å². The Morgan fingerprint density at radius 1 is 1.71 bits per heavy atom. The molecule has 0 saturated carbocycles. The maximum atomic E-state index is 5.03. The summed E-state index contributed by atoms with van der Waals surface area (Å²) < 4.78 is 0. The summed E-state index contributed by atoms with van der Waals surface area (Å²) in [5, 5.41) is 2.36. The number of rotatable bonds is 3. The molecule has 0 atom stereocenters. The molecule has 0 aliphatic heterocycles. The second kappa shape index (κ2) is 6.08. The van der Waals surface area contributed by atoms with Crippen LogP contribution in [0.15, 0.2) is 0 Å². The average Bonchev–Trinajstić information content (AvgIpc) is 1.69. The van der Waals surface area contributed by atoms with Crippen LogP contribution in [0.5, 0.6) is 0 Å². The van der Waals surface area contributed by atoms with Crippen molar-refractivity contribution in [3.63, 3.8) is 0 Å². The molecule has 0 rings (SSSR count). The maximum absolute atomic E-state index is 5.03. The van der Waals surface area contributed by atoms with Gasteiger partial charge in [-0.05, 0) is 0 Å². The van der Waals surface area contributed by atoms with Crippen LogP contribution in [0, 0.1) is 12.3 Å². The van der Waals surface area contributed by atoms with E-state index in [1.807, 2.05) is 0 Å². The molecule has 40 valence electrons. The van der Waals surface area contributed by atoms with Crippen molar-refractivity contribution < 1.29 is 0 Å². The number of terminal acetylenes is 1. The monoisotopic (exact) mass is 162 g/mol. The molecule has 7 heavy (non-hydrogen) atoms. The normalized spacial score (nSPS) is 8.00. The van der Waals surface area contributed by atoms with Gasteiger partial charge in [0, 0.05) is 0 Å². The van der Waals surface area contributed by atoms with E-state index in [9.17, 15) is 0 Å². The van der Waals surface area contributed by atoms with Crippen LogP contribution in [-0.4, -0.2) is 15.0 Å². The van der Waals surface area contributed by atoms with Crippen LogP contribution < -0.4 is 0 Å². The Morgan fingerprint density at radius 2 is 2.43 bits per heavy atom. The van der Waals surface area contributed by atoms with Gasteiger partial charge in [0.2, 0.25) is 0 Å². The van der Waals surface area contributed by atoms with Gasteiger partial charge in [0.25, 0.3) is 0 Å². The Bertz CT molecular complexity index is 61.1. The van der Waals surface area contributed by atoms with Crippen LogP contribution in [-0.2, 0) is 0 Å². The van der Waals surface area contributed by atoms with Gasteiger partial charge in [0.1, 0.15) is 0 Å². The van der Waals surface area contributed by atoms with Crippen LogP contribution in [0.2, 0.25) is 10.6 Å². The van der Waals surface area contributed by atoms with Crippen molar-refractivity contribution in [2.75, 3.05) is 0 Å². The van der Waals surface area contributed by atoms with Crippen molar-refractivity contribution >= 4 is 15.0 Å². The molecule has 0 bridgehead atoms. The molecule has 0 fully saturated rings. The van der Waals surface area contributed by atoms with E-state index in [0.717, 1.165) is 20.3 Å². The first-order valence-electron chi connectivity index (χ1n) is 2.43. The van der Waals surface area contributed by atoms with Crippen molar-refractivity contribution in [1.82, 2.24) is 0 Å². The first kappa shape index (κ1) is 7.08. The van der Waals surface area contributed by atoms with E-state index < -0.39 is 0 Å². The van der Waals surface area contributed by atoms with Crippen LogP contribution in [0.3, 0.4) is 0 Å². The molecule has 0 heterocycles. The molecule has 0 saturated heterocycles. The first-order valence-corrected chi connectivity index (χ1v) is 4.85. The Hall–Kier alpha value is 0.0795. The van der Waals surface area contributed by atoms with Crippen LogP contribution in [0.4, 0.5) is 0 Å². The van der Waals surface area contributed by atoms with E-state index in [-0.39, 0.29) is 0 Å². The van der Waals surface area contributed by atoms with Crippen molar-refractivity contribution in [1.29, 1.82) is 0 Å². The average molecular weight is 161 g/mol. The molecule has 0 unspecified atom stereocenters. The number of hydrogen-bond donors (Lipinski definition) is 0. The summed E-state index contributed by atoms with van der Waals surface area (Å²) in [7, 11) is 0. The molecule has 0 aromatic heterocycles. The van der Waals surface area contributed by atoms with Crippen molar-refractivity contribution in [2.45, 2.75) is 24.0 Å². The van der Waals surface area contributed by atoms with Gasteiger partial charge in [-0.1, -0.05) is 0 Å². The van der Waals surface area contributed by atoms with E-state index in [1.165, 1.54) is 11.7 Å². The summed E-state index contributed by atoms with van der Waals surface area (Å²) in [6.45, 7) is 2.19. The van der Waals surface area contributed by atoms with Crippen LogP contribution in [0.1, 0.15) is 13.3 Å². The zero-order valence-electron chi connectivity index (χ0n) is 4.61. The summed E-state index contributed by atoms with van der Waals surface area (Å²) in [4.78, 5) is 0. The van der Waals surface area contributed by atoms with Crippen molar-refractivity contribution in [3.8, 4) is 12.3 Å². The Kier molecular flexibility index (Phi) is 6.15. The van der Waals surface area contributed by atoms with Gasteiger partial charge in [-0.2, -0.15) is 0 Å². The van der Waals surface area contributed by atoms with Crippen molar-refractivity contribution in [2.24, 2.45) is 0 Å². The van der Waals surface area contributed by atoms with Gasteiger partial charge in [-0.3, -0.25) is 0 Å². The molecule has 0 aliphatic rings. The summed E-state index contributed by atoms with van der Waals surface area (Å²) in [6, 6.07) is 0. The van der Waals surface area contributed by atoms with E-state index in [4.69, 9.17) is 6.42 Å². The summed E-state index contributed by atoms with van der Waals surface area (Å²) in [5.74, 6) is 2.63. The predicted molar refractivity (Wildman–Crippen MR) is 34.5 cm³/mol.